The lowest BCUT2D eigenvalue weighted by atomic mass is 9.84. The van der Waals surface area contributed by atoms with Gasteiger partial charge in [0.15, 0.2) is 0 Å². The van der Waals surface area contributed by atoms with Crippen molar-refractivity contribution in [2.75, 3.05) is 0 Å². The molecule has 0 fully saturated rings. The zero-order chi connectivity index (χ0) is 28.4. The Bertz CT molecular complexity index is 1690. The highest BCUT2D eigenvalue weighted by Crippen LogP contribution is 2.42. The summed E-state index contributed by atoms with van der Waals surface area (Å²) in [5.74, 6) is 0. The molecule has 6 rings (SSSR count). The number of rotatable bonds is 3. The van der Waals surface area contributed by atoms with Gasteiger partial charge in [0.05, 0.1) is 0 Å². The molecule has 0 bridgehead atoms. The van der Waals surface area contributed by atoms with E-state index in [1.807, 2.05) is 0 Å². The monoisotopic (exact) mass is 538 g/mol. The van der Waals surface area contributed by atoms with Gasteiger partial charge in [-0.15, -0.1) is 0 Å². The third kappa shape index (κ3) is 4.36. The van der Waals surface area contributed by atoms with E-state index in [2.05, 4.69) is 152 Å². The molecule has 0 atom stereocenters. The number of hydrogen-bond donors (Lipinski definition) is 0. The molecule has 0 aliphatic heterocycles. The van der Waals surface area contributed by atoms with Crippen molar-refractivity contribution in [1.29, 1.82) is 0 Å². The van der Waals surface area contributed by atoms with Crippen LogP contribution in [0.1, 0.15) is 63.8 Å². The van der Waals surface area contributed by atoms with Crippen LogP contribution in [-0.2, 0) is 17.3 Å². The van der Waals surface area contributed by atoms with Gasteiger partial charge in [-0.2, -0.15) is 0 Å². The lowest BCUT2D eigenvalue weighted by Crippen LogP contribution is -2.57. The van der Waals surface area contributed by atoms with E-state index >= 15 is 0 Å². The molecule has 0 unspecified atom stereocenters. The molecule has 1 heteroatoms. The molecule has 0 nitrogen and oxygen atoms in total. The summed E-state index contributed by atoms with van der Waals surface area (Å²) >= 11 is 0. The Balaban J connectivity index is 1.55. The van der Waals surface area contributed by atoms with Crippen LogP contribution in [0.2, 0.25) is 13.1 Å². The quantitative estimate of drug-likeness (QED) is 0.197. The first-order chi connectivity index (χ1) is 18.9. The summed E-state index contributed by atoms with van der Waals surface area (Å²) < 4.78 is 0. The average Bonchev–Trinajstić information content (AvgIpc) is 3.42. The van der Waals surface area contributed by atoms with Crippen molar-refractivity contribution in [3.63, 3.8) is 0 Å². The third-order valence-corrected chi connectivity index (χ3v) is 12.7. The van der Waals surface area contributed by atoms with Gasteiger partial charge >= 0.3 is 0 Å². The van der Waals surface area contributed by atoms with Crippen LogP contribution in [0.15, 0.2) is 97.1 Å². The van der Waals surface area contributed by atoms with Gasteiger partial charge in [0, 0.05) is 0 Å². The second-order valence-electron chi connectivity index (χ2n) is 14.3. The first-order valence-corrected chi connectivity index (χ1v) is 17.8. The Kier molecular flexibility index (Phi) is 6.24. The van der Waals surface area contributed by atoms with Crippen LogP contribution < -0.4 is 10.4 Å². The van der Waals surface area contributed by atoms with Gasteiger partial charge in [-0.1, -0.05) is 152 Å². The van der Waals surface area contributed by atoms with E-state index in [0.29, 0.717) is 0 Å². The molecule has 0 radical (unpaired) electrons. The number of fused-ring (bicyclic) bond motifs is 4. The van der Waals surface area contributed by atoms with E-state index in [0.717, 1.165) is 6.42 Å². The Labute approximate surface area is 242 Å². The highest BCUT2D eigenvalue weighted by atomic mass is 28.3. The number of hydrogen-bond acceptors (Lipinski definition) is 0. The van der Waals surface area contributed by atoms with E-state index < -0.39 is 8.07 Å². The van der Waals surface area contributed by atoms with Crippen LogP contribution >= 0.6 is 0 Å². The van der Waals surface area contributed by atoms with Gasteiger partial charge < -0.3 is 0 Å². The molecule has 3 aromatic carbocycles. The first kappa shape index (κ1) is 26.8. The molecular formula is C39H42Si. The van der Waals surface area contributed by atoms with Gasteiger partial charge in [-0.3, -0.25) is 0 Å². The summed E-state index contributed by atoms with van der Waals surface area (Å²) in [7, 11) is -2.13. The smallest absolute Gasteiger partial charge is 0.0622 e. The predicted molar refractivity (Wildman–Crippen MR) is 177 cm³/mol. The first-order valence-electron chi connectivity index (χ1n) is 14.8. The van der Waals surface area contributed by atoms with Gasteiger partial charge in [-0.05, 0) is 83.3 Å². The Morgan fingerprint density at radius 1 is 0.550 bits per heavy atom. The van der Waals surface area contributed by atoms with Crippen LogP contribution in [0.3, 0.4) is 0 Å². The van der Waals surface area contributed by atoms with Crippen LogP contribution in [0.4, 0.5) is 0 Å². The number of benzene rings is 3. The lowest BCUT2D eigenvalue weighted by molar-refractivity contribution is 0.590. The predicted octanol–water partition coefficient (Wildman–Crippen LogP) is 9.45. The fourth-order valence-corrected chi connectivity index (χ4v) is 10.7. The Morgan fingerprint density at radius 2 is 1.18 bits per heavy atom. The van der Waals surface area contributed by atoms with E-state index in [1.165, 1.54) is 50.1 Å². The van der Waals surface area contributed by atoms with Crippen molar-refractivity contribution in [2.45, 2.75) is 71.9 Å². The minimum atomic E-state index is -2.13. The summed E-state index contributed by atoms with van der Waals surface area (Å²) in [5, 5.41) is 3.19. The maximum absolute atomic E-state index is 2.59. The molecular weight excluding hydrogens is 497 g/mol. The van der Waals surface area contributed by atoms with Crippen LogP contribution in [0.5, 0.6) is 0 Å². The standard InChI is InChI=1S/C39H42Si/c1-38(2,3)28-18-19-30-27(24-28)25-34-32(30)20-22-35(39(4,5)6)37(34)40(7,8)36-23-21-31-29(16-12-13-17-33(31)36)26-14-10-9-11-15-26/h9-24H,25H2,1-8H3. The highest BCUT2D eigenvalue weighted by molar-refractivity contribution is 7.02. The summed E-state index contributed by atoms with van der Waals surface area (Å²) in [5.41, 5.74) is 14.5. The summed E-state index contributed by atoms with van der Waals surface area (Å²) in [6.07, 6.45) is 1.03. The molecule has 40 heavy (non-hydrogen) atoms. The molecule has 0 amide bonds. The topological polar surface area (TPSA) is 0 Å². The minimum absolute atomic E-state index is 0.0717. The molecule has 3 aromatic rings. The van der Waals surface area contributed by atoms with Gasteiger partial charge in [-0.25, -0.2) is 0 Å². The molecule has 0 spiro atoms. The summed E-state index contributed by atoms with van der Waals surface area (Å²) in [6.45, 7) is 19.3. The highest BCUT2D eigenvalue weighted by Gasteiger charge is 2.39. The zero-order valence-electron chi connectivity index (χ0n) is 25.4. The van der Waals surface area contributed by atoms with Crippen molar-refractivity contribution >= 4 is 18.4 Å². The van der Waals surface area contributed by atoms with Crippen molar-refractivity contribution in [2.24, 2.45) is 0 Å². The maximum Gasteiger partial charge on any atom is 0.113 e. The van der Waals surface area contributed by atoms with Gasteiger partial charge in [0.1, 0.15) is 8.07 Å². The fraction of sp³-hybridized carbons (Fsp3) is 0.282. The maximum atomic E-state index is 2.59. The molecule has 3 aliphatic rings. The molecule has 0 saturated heterocycles. The van der Waals surface area contributed by atoms with Crippen molar-refractivity contribution < 1.29 is 0 Å². The normalized spacial score (nSPS) is 13.4. The largest absolute Gasteiger partial charge is 0.113 e. The molecule has 0 heterocycles. The van der Waals surface area contributed by atoms with Gasteiger partial charge in [0.25, 0.3) is 0 Å². The summed E-state index contributed by atoms with van der Waals surface area (Å²) in [4.78, 5) is 0. The van der Waals surface area contributed by atoms with Crippen LogP contribution in [0.25, 0.3) is 33.4 Å². The average molecular weight is 539 g/mol. The van der Waals surface area contributed by atoms with E-state index in [9.17, 15) is 0 Å². The van der Waals surface area contributed by atoms with E-state index in [-0.39, 0.29) is 10.8 Å². The SMILES string of the molecule is CC(C)(C)c1ccc2c(c1)Cc1c-2ccc(C(C)(C)C)c1[Si](C)(C)c1ccc2c(-c3ccccc3)ccccc1-2. The second kappa shape index (κ2) is 9.31. The Morgan fingerprint density at radius 3 is 1.85 bits per heavy atom. The Hall–Kier alpha value is -3.42. The zero-order valence-corrected chi connectivity index (χ0v) is 26.4. The molecule has 0 aromatic heterocycles. The van der Waals surface area contributed by atoms with Crippen molar-refractivity contribution in [1.82, 2.24) is 0 Å². The molecule has 0 saturated carbocycles. The van der Waals surface area contributed by atoms with Crippen molar-refractivity contribution in [3.8, 4) is 33.4 Å². The van der Waals surface area contributed by atoms with Crippen LogP contribution in [0, 0.1) is 0 Å². The fourth-order valence-electron chi connectivity index (χ4n) is 6.93. The van der Waals surface area contributed by atoms with E-state index in [4.69, 9.17) is 0 Å². The molecule has 202 valence electrons. The third-order valence-electron chi connectivity index (χ3n) is 9.06. The lowest BCUT2D eigenvalue weighted by Gasteiger charge is -2.34. The van der Waals surface area contributed by atoms with Crippen molar-refractivity contribution in [3.05, 3.63) is 119 Å². The van der Waals surface area contributed by atoms with E-state index in [1.54, 1.807) is 15.9 Å². The van der Waals surface area contributed by atoms with Gasteiger partial charge in [0.2, 0.25) is 0 Å². The molecule has 3 aliphatic carbocycles. The van der Waals surface area contributed by atoms with Crippen LogP contribution in [-0.4, -0.2) is 8.07 Å². The second-order valence-corrected chi connectivity index (χ2v) is 18.5. The summed E-state index contributed by atoms with van der Waals surface area (Å²) in [6, 6.07) is 36.8. The minimum Gasteiger partial charge on any atom is -0.0622 e. The molecule has 0 N–H and O–H groups in total.